The predicted octanol–water partition coefficient (Wildman–Crippen LogP) is 2.26. The minimum atomic E-state index is -0.946. The largest absolute Gasteiger partial charge is 0.478 e. The molecular formula is C15H16N2O3S. The number of carboxylic acids is 1. The fourth-order valence-corrected chi connectivity index (χ4v) is 3.87. The third-order valence-electron chi connectivity index (χ3n) is 3.70. The predicted molar refractivity (Wildman–Crippen MR) is 83.2 cm³/mol. The number of anilines is 1. The van der Waals surface area contributed by atoms with Crippen LogP contribution in [0.3, 0.4) is 0 Å². The van der Waals surface area contributed by atoms with Gasteiger partial charge in [0, 0.05) is 33.7 Å². The summed E-state index contributed by atoms with van der Waals surface area (Å²) in [6, 6.07) is 8.97. The standard InChI is InChI=1S/C15H16N2O3S/c18-15(19)12-2-1-3-13-11(12)4-5-14(17-13)16-10-6-8-21(20)9-7-10/h1-5,10H,6-9H2,(H,16,17)(H,18,19). The van der Waals surface area contributed by atoms with Crippen LogP contribution in [0.5, 0.6) is 0 Å². The minimum absolute atomic E-state index is 0.264. The Bertz CT molecular complexity index is 707. The van der Waals surface area contributed by atoms with E-state index in [2.05, 4.69) is 10.3 Å². The third-order valence-corrected chi connectivity index (χ3v) is 5.08. The van der Waals surface area contributed by atoms with Crippen molar-refractivity contribution < 1.29 is 14.1 Å². The lowest BCUT2D eigenvalue weighted by molar-refractivity contribution is 0.0699. The molecule has 1 saturated heterocycles. The summed E-state index contributed by atoms with van der Waals surface area (Å²) in [5.74, 6) is 1.25. The van der Waals surface area contributed by atoms with Gasteiger partial charge in [-0.3, -0.25) is 4.21 Å². The Hall–Kier alpha value is -1.95. The number of fused-ring (bicyclic) bond motifs is 1. The molecule has 0 radical (unpaired) electrons. The van der Waals surface area contributed by atoms with Crippen LogP contribution >= 0.6 is 0 Å². The van der Waals surface area contributed by atoms with Crippen molar-refractivity contribution in [3.8, 4) is 0 Å². The molecule has 1 aromatic heterocycles. The molecule has 2 aromatic rings. The van der Waals surface area contributed by atoms with Gasteiger partial charge in [0.25, 0.3) is 0 Å². The Balaban J connectivity index is 1.84. The molecule has 0 unspecified atom stereocenters. The first-order valence-electron chi connectivity index (χ1n) is 6.88. The van der Waals surface area contributed by atoms with Gasteiger partial charge in [-0.1, -0.05) is 6.07 Å². The zero-order valence-electron chi connectivity index (χ0n) is 11.4. The number of hydrogen-bond acceptors (Lipinski definition) is 4. The molecule has 5 nitrogen and oxygen atoms in total. The second-order valence-corrected chi connectivity index (χ2v) is 6.84. The Morgan fingerprint density at radius 3 is 2.71 bits per heavy atom. The molecule has 1 aliphatic rings. The summed E-state index contributed by atoms with van der Waals surface area (Å²) in [5.41, 5.74) is 0.930. The van der Waals surface area contributed by atoms with Crippen LogP contribution in [0.4, 0.5) is 5.82 Å². The highest BCUT2D eigenvalue weighted by molar-refractivity contribution is 7.85. The van der Waals surface area contributed by atoms with E-state index in [9.17, 15) is 9.00 Å². The van der Waals surface area contributed by atoms with Gasteiger partial charge in [0.15, 0.2) is 0 Å². The molecule has 0 aliphatic carbocycles. The molecule has 0 atom stereocenters. The Morgan fingerprint density at radius 2 is 2.00 bits per heavy atom. The van der Waals surface area contributed by atoms with E-state index in [1.807, 2.05) is 6.07 Å². The fourth-order valence-electron chi connectivity index (χ4n) is 2.57. The van der Waals surface area contributed by atoms with Crippen LogP contribution in [0.15, 0.2) is 30.3 Å². The number of pyridine rings is 1. The average molecular weight is 304 g/mol. The molecule has 1 fully saturated rings. The quantitative estimate of drug-likeness (QED) is 0.909. The summed E-state index contributed by atoms with van der Waals surface area (Å²) in [5, 5.41) is 13.2. The Kier molecular flexibility index (Phi) is 3.88. The van der Waals surface area contributed by atoms with E-state index in [1.165, 1.54) is 0 Å². The van der Waals surface area contributed by atoms with E-state index in [-0.39, 0.29) is 11.6 Å². The van der Waals surface area contributed by atoms with Crippen LogP contribution in [0.1, 0.15) is 23.2 Å². The molecule has 6 heteroatoms. The van der Waals surface area contributed by atoms with Crippen molar-refractivity contribution in [2.24, 2.45) is 0 Å². The van der Waals surface area contributed by atoms with Crippen molar-refractivity contribution in [3.05, 3.63) is 35.9 Å². The van der Waals surface area contributed by atoms with Crippen molar-refractivity contribution in [3.63, 3.8) is 0 Å². The van der Waals surface area contributed by atoms with Gasteiger partial charge in [0.1, 0.15) is 5.82 Å². The van der Waals surface area contributed by atoms with Crippen molar-refractivity contribution in [1.82, 2.24) is 4.98 Å². The number of hydrogen-bond donors (Lipinski definition) is 2. The third kappa shape index (κ3) is 3.05. The number of benzene rings is 1. The van der Waals surface area contributed by atoms with Gasteiger partial charge in [-0.2, -0.15) is 0 Å². The monoisotopic (exact) mass is 304 g/mol. The molecule has 0 amide bonds. The summed E-state index contributed by atoms with van der Waals surface area (Å²) in [6.45, 7) is 0. The van der Waals surface area contributed by atoms with Gasteiger partial charge in [0.2, 0.25) is 0 Å². The zero-order valence-corrected chi connectivity index (χ0v) is 12.2. The summed E-state index contributed by atoms with van der Waals surface area (Å²) in [4.78, 5) is 15.7. The van der Waals surface area contributed by atoms with Crippen LogP contribution in [-0.2, 0) is 10.8 Å². The number of nitrogens with zero attached hydrogens (tertiary/aromatic N) is 1. The molecule has 110 valence electrons. The number of rotatable bonds is 3. The smallest absolute Gasteiger partial charge is 0.336 e. The molecule has 0 saturated carbocycles. The van der Waals surface area contributed by atoms with Crippen LogP contribution in [-0.4, -0.2) is 37.8 Å². The van der Waals surface area contributed by atoms with Crippen LogP contribution in [0.2, 0.25) is 0 Å². The fraction of sp³-hybridized carbons (Fsp3) is 0.333. The molecule has 1 aromatic carbocycles. The van der Waals surface area contributed by atoms with E-state index < -0.39 is 16.8 Å². The highest BCUT2D eigenvalue weighted by Gasteiger charge is 2.18. The topological polar surface area (TPSA) is 79.3 Å². The number of aromatic nitrogens is 1. The molecular weight excluding hydrogens is 288 g/mol. The molecule has 1 aliphatic heterocycles. The molecule has 2 N–H and O–H groups in total. The van der Waals surface area contributed by atoms with Crippen molar-refractivity contribution in [1.29, 1.82) is 0 Å². The van der Waals surface area contributed by atoms with Crippen LogP contribution in [0, 0.1) is 0 Å². The van der Waals surface area contributed by atoms with Crippen molar-refractivity contribution in [2.45, 2.75) is 18.9 Å². The van der Waals surface area contributed by atoms with Crippen LogP contribution < -0.4 is 5.32 Å². The maximum absolute atomic E-state index is 11.3. The highest BCUT2D eigenvalue weighted by Crippen LogP contribution is 2.21. The van der Waals surface area contributed by atoms with Gasteiger partial charge in [0.05, 0.1) is 11.1 Å². The number of aromatic carboxylic acids is 1. The SMILES string of the molecule is O=C(O)c1cccc2nc(NC3CCS(=O)CC3)ccc12. The minimum Gasteiger partial charge on any atom is -0.478 e. The van der Waals surface area contributed by atoms with Gasteiger partial charge >= 0.3 is 5.97 Å². The average Bonchev–Trinajstić information content (AvgIpc) is 2.48. The first-order valence-corrected chi connectivity index (χ1v) is 8.37. The normalized spacial score (nSPS) is 22.1. The maximum Gasteiger partial charge on any atom is 0.336 e. The summed E-state index contributed by atoms with van der Waals surface area (Å²) < 4.78 is 11.3. The second kappa shape index (κ2) is 5.81. The summed E-state index contributed by atoms with van der Waals surface area (Å²) in [7, 11) is -0.675. The van der Waals surface area contributed by atoms with E-state index in [4.69, 9.17) is 5.11 Å². The highest BCUT2D eigenvalue weighted by atomic mass is 32.2. The molecule has 21 heavy (non-hydrogen) atoms. The lowest BCUT2D eigenvalue weighted by Gasteiger charge is -2.23. The first-order chi connectivity index (χ1) is 10.1. The van der Waals surface area contributed by atoms with Crippen molar-refractivity contribution in [2.75, 3.05) is 16.8 Å². The van der Waals surface area contributed by atoms with Gasteiger partial charge in [-0.25, -0.2) is 9.78 Å². The summed E-state index contributed by atoms with van der Waals surface area (Å²) in [6.07, 6.45) is 1.75. The van der Waals surface area contributed by atoms with Crippen LogP contribution in [0.25, 0.3) is 10.9 Å². The molecule has 2 heterocycles. The summed E-state index contributed by atoms with van der Waals surface area (Å²) >= 11 is 0. The van der Waals surface area contributed by atoms with Gasteiger partial charge in [-0.05, 0) is 37.1 Å². The van der Waals surface area contributed by atoms with Gasteiger partial charge in [-0.15, -0.1) is 0 Å². The first kappa shape index (κ1) is 14.0. The maximum atomic E-state index is 11.3. The molecule has 3 rings (SSSR count). The molecule has 0 bridgehead atoms. The lowest BCUT2D eigenvalue weighted by atomic mass is 10.1. The lowest BCUT2D eigenvalue weighted by Crippen LogP contribution is -2.29. The van der Waals surface area contributed by atoms with Crippen molar-refractivity contribution >= 4 is 33.5 Å². The number of carbonyl (C=O) groups is 1. The second-order valence-electron chi connectivity index (χ2n) is 5.14. The van der Waals surface area contributed by atoms with E-state index in [0.717, 1.165) is 30.2 Å². The zero-order chi connectivity index (χ0) is 14.8. The van der Waals surface area contributed by atoms with E-state index in [0.29, 0.717) is 10.9 Å². The van der Waals surface area contributed by atoms with E-state index in [1.54, 1.807) is 24.3 Å². The Labute approximate surface area is 124 Å². The number of nitrogens with one attached hydrogen (secondary N) is 1. The van der Waals surface area contributed by atoms with E-state index >= 15 is 0 Å². The number of carboxylic acid groups (broad SMARTS) is 1. The Morgan fingerprint density at radius 1 is 1.24 bits per heavy atom. The van der Waals surface area contributed by atoms with Gasteiger partial charge < -0.3 is 10.4 Å². The molecule has 0 spiro atoms.